The second kappa shape index (κ2) is 5.91. The molecule has 1 aromatic rings. The maximum absolute atomic E-state index is 5.84. The van der Waals surface area contributed by atoms with Crippen molar-refractivity contribution in [2.75, 3.05) is 18.0 Å². The highest BCUT2D eigenvalue weighted by Gasteiger charge is 2.09. The van der Waals surface area contributed by atoms with E-state index in [1.807, 2.05) is 6.07 Å². The van der Waals surface area contributed by atoms with Crippen molar-refractivity contribution in [2.24, 2.45) is 5.92 Å². The van der Waals surface area contributed by atoms with Crippen LogP contribution in [0.2, 0.25) is 5.15 Å². The molecule has 15 heavy (non-hydrogen) atoms. The van der Waals surface area contributed by atoms with Crippen molar-refractivity contribution in [3.63, 3.8) is 0 Å². The van der Waals surface area contributed by atoms with Gasteiger partial charge in [-0.05, 0) is 12.8 Å². The van der Waals surface area contributed by atoms with Crippen molar-refractivity contribution in [3.8, 4) is 0 Å². The molecule has 0 aliphatic rings. The molecule has 1 aromatic heterocycles. The molecule has 1 rings (SSSR count). The summed E-state index contributed by atoms with van der Waals surface area (Å²) < 4.78 is 0. The summed E-state index contributed by atoms with van der Waals surface area (Å²) >= 11 is 5.84. The Labute approximate surface area is 96.5 Å². The van der Waals surface area contributed by atoms with E-state index in [1.165, 1.54) is 12.7 Å². The molecule has 0 spiro atoms. The molecule has 3 nitrogen and oxygen atoms in total. The first kappa shape index (κ1) is 12.2. The van der Waals surface area contributed by atoms with Gasteiger partial charge >= 0.3 is 0 Å². The SMILES string of the molecule is CCC(C)CN(CC)c1cc(Cl)ncn1. The van der Waals surface area contributed by atoms with Gasteiger partial charge < -0.3 is 4.90 Å². The van der Waals surface area contributed by atoms with Crippen LogP contribution in [0.1, 0.15) is 27.2 Å². The van der Waals surface area contributed by atoms with Crippen LogP contribution in [0.5, 0.6) is 0 Å². The van der Waals surface area contributed by atoms with Crippen LogP contribution in [-0.2, 0) is 0 Å². The number of anilines is 1. The van der Waals surface area contributed by atoms with Gasteiger partial charge in [0, 0.05) is 19.2 Å². The first-order valence-electron chi connectivity index (χ1n) is 5.39. The van der Waals surface area contributed by atoms with Gasteiger partial charge in [0.15, 0.2) is 0 Å². The van der Waals surface area contributed by atoms with E-state index in [2.05, 4.69) is 35.6 Å². The summed E-state index contributed by atoms with van der Waals surface area (Å²) in [5.74, 6) is 1.58. The Hall–Kier alpha value is -0.830. The highest BCUT2D eigenvalue weighted by Crippen LogP contribution is 2.16. The third-order valence-corrected chi connectivity index (χ3v) is 2.76. The summed E-state index contributed by atoms with van der Waals surface area (Å²) in [5, 5.41) is 0.502. The average molecular weight is 228 g/mol. The van der Waals surface area contributed by atoms with E-state index >= 15 is 0 Å². The molecule has 1 atom stereocenters. The fraction of sp³-hybridized carbons (Fsp3) is 0.636. The van der Waals surface area contributed by atoms with Crippen molar-refractivity contribution in [3.05, 3.63) is 17.5 Å². The lowest BCUT2D eigenvalue weighted by Gasteiger charge is -2.24. The number of halogens is 1. The minimum absolute atomic E-state index is 0.502. The monoisotopic (exact) mass is 227 g/mol. The quantitative estimate of drug-likeness (QED) is 0.725. The van der Waals surface area contributed by atoms with E-state index < -0.39 is 0 Å². The van der Waals surface area contributed by atoms with Gasteiger partial charge in [-0.3, -0.25) is 0 Å². The maximum atomic E-state index is 5.84. The molecule has 1 heterocycles. The Morgan fingerprint density at radius 1 is 1.40 bits per heavy atom. The van der Waals surface area contributed by atoms with E-state index in [0.717, 1.165) is 18.9 Å². The van der Waals surface area contributed by atoms with E-state index in [1.54, 1.807) is 0 Å². The number of aromatic nitrogens is 2. The van der Waals surface area contributed by atoms with Crippen molar-refractivity contribution >= 4 is 17.4 Å². The lowest BCUT2D eigenvalue weighted by Crippen LogP contribution is -2.28. The lowest BCUT2D eigenvalue weighted by molar-refractivity contribution is 0.545. The second-order valence-electron chi connectivity index (χ2n) is 3.75. The van der Waals surface area contributed by atoms with Crippen LogP contribution in [0.15, 0.2) is 12.4 Å². The van der Waals surface area contributed by atoms with Gasteiger partial charge in [-0.1, -0.05) is 31.9 Å². The van der Waals surface area contributed by atoms with Gasteiger partial charge in [0.2, 0.25) is 0 Å². The van der Waals surface area contributed by atoms with Crippen molar-refractivity contribution in [1.82, 2.24) is 9.97 Å². The predicted octanol–water partition coefficient (Wildman–Crippen LogP) is 3.00. The van der Waals surface area contributed by atoms with Gasteiger partial charge in [0.25, 0.3) is 0 Å². The molecule has 0 aliphatic heterocycles. The predicted molar refractivity (Wildman–Crippen MR) is 64.4 cm³/mol. The first-order chi connectivity index (χ1) is 7.17. The molecule has 0 saturated carbocycles. The van der Waals surface area contributed by atoms with E-state index in [-0.39, 0.29) is 0 Å². The zero-order valence-electron chi connectivity index (χ0n) is 9.57. The standard InChI is InChI=1S/C11H18ClN3/c1-4-9(3)7-15(5-2)11-6-10(12)13-8-14-11/h6,8-9H,4-5,7H2,1-3H3. The van der Waals surface area contributed by atoms with Crippen LogP contribution in [0.3, 0.4) is 0 Å². The molecule has 0 radical (unpaired) electrons. The van der Waals surface area contributed by atoms with E-state index in [9.17, 15) is 0 Å². The first-order valence-corrected chi connectivity index (χ1v) is 5.77. The topological polar surface area (TPSA) is 29.0 Å². The summed E-state index contributed by atoms with van der Waals surface area (Å²) in [7, 11) is 0. The van der Waals surface area contributed by atoms with E-state index in [4.69, 9.17) is 11.6 Å². The molecule has 0 N–H and O–H groups in total. The summed E-state index contributed by atoms with van der Waals surface area (Å²) in [6.45, 7) is 8.52. The molecule has 84 valence electrons. The summed E-state index contributed by atoms with van der Waals surface area (Å²) in [4.78, 5) is 10.3. The fourth-order valence-corrected chi connectivity index (χ4v) is 1.53. The van der Waals surface area contributed by atoms with Crippen LogP contribution in [0.25, 0.3) is 0 Å². The van der Waals surface area contributed by atoms with E-state index in [0.29, 0.717) is 11.1 Å². The van der Waals surface area contributed by atoms with Crippen molar-refractivity contribution in [2.45, 2.75) is 27.2 Å². The van der Waals surface area contributed by atoms with Crippen LogP contribution in [0.4, 0.5) is 5.82 Å². The summed E-state index contributed by atoms with van der Waals surface area (Å²) in [6.07, 6.45) is 2.69. The van der Waals surface area contributed by atoms with Crippen molar-refractivity contribution < 1.29 is 0 Å². The molecule has 4 heteroatoms. The zero-order valence-corrected chi connectivity index (χ0v) is 10.3. The molecule has 0 amide bonds. The van der Waals surface area contributed by atoms with Gasteiger partial charge in [-0.2, -0.15) is 0 Å². The highest BCUT2D eigenvalue weighted by molar-refractivity contribution is 6.29. The molecule has 0 aromatic carbocycles. The molecule has 0 saturated heterocycles. The van der Waals surface area contributed by atoms with Crippen LogP contribution in [-0.4, -0.2) is 23.1 Å². The van der Waals surface area contributed by atoms with Crippen LogP contribution >= 0.6 is 11.6 Å². The molecule has 0 aliphatic carbocycles. The van der Waals surface area contributed by atoms with Gasteiger partial charge in [-0.25, -0.2) is 9.97 Å². The van der Waals surface area contributed by atoms with Gasteiger partial charge in [-0.15, -0.1) is 0 Å². The largest absolute Gasteiger partial charge is 0.356 e. The number of hydrogen-bond acceptors (Lipinski definition) is 3. The Kier molecular flexibility index (Phi) is 4.82. The van der Waals surface area contributed by atoms with Crippen molar-refractivity contribution in [1.29, 1.82) is 0 Å². The van der Waals surface area contributed by atoms with Gasteiger partial charge in [0.05, 0.1) is 0 Å². The summed E-state index contributed by atoms with van der Waals surface area (Å²) in [5.41, 5.74) is 0. The molecular weight excluding hydrogens is 210 g/mol. The maximum Gasteiger partial charge on any atom is 0.134 e. The molecule has 0 fully saturated rings. The number of hydrogen-bond donors (Lipinski definition) is 0. The van der Waals surface area contributed by atoms with Gasteiger partial charge in [0.1, 0.15) is 17.3 Å². The minimum Gasteiger partial charge on any atom is -0.356 e. The minimum atomic E-state index is 0.502. The molecular formula is C11H18ClN3. The second-order valence-corrected chi connectivity index (χ2v) is 4.14. The highest BCUT2D eigenvalue weighted by atomic mass is 35.5. The third kappa shape index (κ3) is 3.67. The number of nitrogens with zero attached hydrogens (tertiary/aromatic N) is 3. The molecule has 0 bridgehead atoms. The third-order valence-electron chi connectivity index (χ3n) is 2.55. The summed E-state index contributed by atoms with van der Waals surface area (Å²) in [6, 6.07) is 1.81. The smallest absolute Gasteiger partial charge is 0.134 e. The normalized spacial score (nSPS) is 12.5. The zero-order chi connectivity index (χ0) is 11.3. The Balaban J connectivity index is 2.73. The average Bonchev–Trinajstić information content (AvgIpc) is 2.25. The lowest BCUT2D eigenvalue weighted by atomic mass is 10.1. The Morgan fingerprint density at radius 3 is 2.67 bits per heavy atom. The Morgan fingerprint density at radius 2 is 2.13 bits per heavy atom. The van der Waals surface area contributed by atoms with Crippen LogP contribution < -0.4 is 4.90 Å². The Bertz CT molecular complexity index is 304. The fourth-order valence-electron chi connectivity index (χ4n) is 1.39. The molecule has 1 unspecified atom stereocenters. The van der Waals surface area contributed by atoms with Crippen LogP contribution in [0, 0.1) is 5.92 Å². The number of rotatable bonds is 5.